The highest BCUT2D eigenvalue weighted by Gasteiger charge is 2.08. The maximum atomic E-state index is 9.77. The molecule has 0 amide bonds. The fraction of sp³-hybridized carbons (Fsp3) is 1.00. The van der Waals surface area contributed by atoms with Crippen molar-refractivity contribution in [1.82, 2.24) is 0 Å². The second kappa shape index (κ2) is 1.50. The van der Waals surface area contributed by atoms with Crippen molar-refractivity contribution in [2.75, 3.05) is 6.73 Å². The van der Waals surface area contributed by atoms with Gasteiger partial charge in [-0.05, 0) is 10.0 Å². The lowest BCUT2D eigenvalue weighted by molar-refractivity contribution is -1.07. The van der Waals surface area contributed by atoms with Gasteiger partial charge in [0.1, 0.15) is 0 Å². The van der Waals surface area contributed by atoms with E-state index in [0.717, 1.165) is 0 Å². The van der Waals surface area contributed by atoms with Gasteiger partial charge in [0.15, 0.2) is 0 Å². The molecule has 1 aliphatic heterocycles. The van der Waals surface area contributed by atoms with Crippen LogP contribution in [0.2, 0.25) is 0 Å². The van der Waals surface area contributed by atoms with Crippen LogP contribution in [0.15, 0.2) is 0 Å². The van der Waals surface area contributed by atoms with E-state index >= 15 is 0 Å². The van der Waals surface area contributed by atoms with Gasteiger partial charge in [0.05, 0.1) is 0 Å². The van der Waals surface area contributed by atoms with Gasteiger partial charge in [-0.3, -0.25) is 0 Å². The molecule has 1 rings (SSSR count). The first kappa shape index (κ1) is 3.97. The quantitative estimate of drug-likeness (QED) is 0.282. The van der Waals surface area contributed by atoms with Crippen molar-refractivity contribution >= 4 is 0 Å². The Hall–Kier alpha value is -0.200. The minimum absolute atomic E-state index is 0.0972. The highest BCUT2D eigenvalue weighted by atomic mass is 17.6. The third-order valence-corrected chi connectivity index (χ3v) is 0.352. The van der Waals surface area contributed by atoms with Crippen LogP contribution < -0.4 is 5.23 Å². The Morgan fingerprint density at radius 1 is 1.67 bits per heavy atom. The third kappa shape index (κ3) is 0.644. The smallest absolute Gasteiger partial charge is 0.247 e. The van der Waals surface area contributed by atoms with Gasteiger partial charge in [0.2, 0.25) is 6.73 Å². The Labute approximate surface area is 33.4 Å². The maximum absolute atomic E-state index is 9.77. The molecule has 5 nitrogen and oxygen atoms in total. The van der Waals surface area contributed by atoms with E-state index in [-0.39, 0.29) is 6.73 Å². The van der Waals surface area contributed by atoms with Crippen LogP contribution in [0.1, 0.15) is 0 Å². The molecule has 0 saturated carbocycles. The van der Waals surface area contributed by atoms with Crippen LogP contribution in [0.3, 0.4) is 0 Å². The molecule has 36 valence electrons. The Morgan fingerprint density at radius 3 is 2.67 bits per heavy atom. The summed E-state index contributed by atoms with van der Waals surface area (Å²) in [4.78, 5) is 7.78. The van der Waals surface area contributed by atoms with Crippen LogP contribution in [0.5, 0.6) is 0 Å². The molecule has 0 aliphatic carbocycles. The summed E-state index contributed by atoms with van der Waals surface area (Å²) in [7, 11) is 0. The molecule has 1 fully saturated rings. The summed E-state index contributed by atoms with van der Waals surface area (Å²) in [5, 5.41) is 13.0. The Bertz CT molecular complexity index is 40.8. The first-order valence-corrected chi connectivity index (χ1v) is 1.38. The zero-order valence-corrected chi connectivity index (χ0v) is 2.84. The first-order chi connectivity index (χ1) is 2.89. The number of nitrogens with one attached hydrogen (secondary N) is 1. The number of hydrogen-bond acceptors (Lipinski definition) is 4. The van der Waals surface area contributed by atoms with Gasteiger partial charge in [-0.15, -0.1) is 4.89 Å². The van der Waals surface area contributed by atoms with Gasteiger partial charge in [-0.25, -0.2) is 0 Å². The Kier molecular flexibility index (Phi) is 0.992. The number of hydrogen-bond donors (Lipinski definition) is 1. The molecular formula is CH3NO4. The average molecular weight is 93.0 g/mol. The molecule has 1 aliphatic rings. The molecule has 1 N–H and O–H groups in total. The molecule has 0 aromatic carbocycles. The van der Waals surface area contributed by atoms with Gasteiger partial charge in [0.25, 0.3) is 0 Å². The maximum Gasteiger partial charge on any atom is 0.247 e. The van der Waals surface area contributed by atoms with Crippen molar-refractivity contribution in [2.45, 2.75) is 0 Å². The highest BCUT2D eigenvalue weighted by molar-refractivity contribution is 3.89. The van der Waals surface area contributed by atoms with Crippen LogP contribution in [0.4, 0.5) is 0 Å². The number of rotatable bonds is 0. The molecule has 1 saturated heterocycles. The zero-order chi connectivity index (χ0) is 4.41. The van der Waals surface area contributed by atoms with Crippen molar-refractivity contribution in [1.29, 1.82) is 0 Å². The minimum Gasteiger partial charge on any atom is -0.596 e. The second-order valence-corrected chi connectivity index (χ2v) is 0.786. The van der Waals surface area contributed by atoms with E-state index in [2.05, 4.69) is 14.9 Å². The molecule has 0 aromatic heterocycles. The van der Waals surface area contributed by atoms with Crippen molar-refractivity contribution in [2.24, 2.45) is 0 Å². The van der Waals surface area contributed by atoms with E-state index < -0.39 is 5.23 Å². The van der Waals surface area contributed by atoms with E-state index in [4.69, 9.17) is 0 Å². The predicted octanol–water partition coefficient (Wildman–Crippen LogP) is -1.86. The largest absolute Gasteiger partial charge is 0.596 e. The van der Waals surface area contributed by atoms with Crippen LogP contribution in [-0.4, -0.2) is 6.73 Å². The molecule has 1 atom stereocenters. The van der Waals surface area contributed by atoms with Gasteiger partial charge in [-0.1, -0.05) is 0 Å². The lowest BCUT2D eigenvalue weighted by Gasteiger charge is -2.00. The van der Waals surface area contributed by atoms with Gasteiger partial charge in [-0.2, -0.15) is 5.23 Å². The van der Waals surface area contributed by atoms with Crippen molar-refractivity contribution in [3.63, 3.8) is 0 Å². The summed E-state index contributed by atoms with van der Waals surface area (Å²) in [6.45, 7) is -0.0972. The van der Waals surface area contributed by atoms with Crippen molar-refractivity contribution in [3.05, 3.63) is 5.21 Å². The molecule has 0 radical (unpaired) electrons. The molecule has 5 heteroatoms. The number of quaternary nitrogens is 1. The molecule has 1 heterocycles. The van der Waals surface area contributed by atoms with Gasteiger partial charge < -0.3 is 5.21 Å². The fourth-order valence-corrected chi connectivity index (χ4v) is 0.158. The van der Waals surface area contributed by atoms with E-state index in [1.807, 2.05) is 0 Å². The predicted molar refractivity (Wildman–Crippen MR) is 12.5 cm³/mol. The van der Waals surface area contributed by atoms with E-state index in [1.54, 1.807) is 0 Å². The van der Waals surface area contributed by atoms with Gasteiger partial charge >= 0.3 is 0 Å². The van der Waals surface area contributed by atoms with Crippen LogP contribution >= 0.6 is 0 Å². The van der Waals surface area contributed by atoms with Crippen LogP contribution in [0, 0.1) is 5.21 Å². The summed E-state index contributed by atoms with van der Waals surface area (Å²) in [5.74, 6) is 0. The van der Waals surface area contributed by atoms with Gasteiger partial charge in [0, 0.05) is 0 Å². The molecular weight excluding hydrogens is 90.0 g/mol. The molecule has 6 heavy (non-hydrogen) atoms. The second-order valence-electron chi connectivity index (χ2n) is 0.786. The molecule has 1 unspecified atom stereocenters. The summed E-state index contributed by atoms with van der Waals surface area (Å²) in [5.41, 5.74) is 0. The van der Waals surface area contributed by atoms with Crippen LogP contribution in [0.25, 0.3) is 0 Å². The average Bonchev–Trinajstić information content (AvgIpc) is 1.86. The monoisotopic (exact) mass is 93.0 g/mol. The van der Waals surface area contributed by atoms with E-state index in [1.165, 1.54) is 0 Å². The highest BCUT2D eigenvalue weighted by Crippen LogP contribution is 1.75. The lowest BCUT2D eigenvalue weighted by atomic mass is 11.3. The first-order valence-electron chi connectivity index (χ1n) is 1.38. The van der Waals surface area contributed by atoms with Crippen molar-refractivity contribution in [3.8, 4) is 0 Å². The fourth-order valence-electron chi connectivity index (χ4n) is 0.158. The number of hydroxylamine groups is 2. The minimum atomic E-state index is -0.491. The molecule has 0 spiro atoms. The topological polar surface area (TPSA) is 55.2 Å². The summed E-state index contributed by atoms with van der Waals surface area (Å²) in [6, 6.07) is 0. The lowest BCUT2D eigenvalue weighted by Crippen LogP contribution is -3.03. The van der Waals surface area contributed by atoms with Crippen LogP contribution in [-0.2, 0) is 14.9 Å². The van der Waals surface area contributed by atoms with Crippen molar-refractivity contribution < 1.29 is 20.1 Å². The Balaban J connectivity index is 2.18. The standard InChI is InChI=1S/CH3NO4/c3-2-1-4-6-5-2/h2H,1H2. The zero-order valence-electron chi connectivity index (χ0n) is 2.84. The summed E-state index contributed by atoms with van der Waals surface area (Å²) < 4.78 is 0. The summed E-state index contributed by atoms with van der Waals surface area (Å²) in [6.07, 6.45) is 0. The molecule has 0 bridgehead atoms. The van der Waals surface area contributed by atoms with E-state index in [9.17, 15) is 5.21 Å². The summed E-state index contributed by atoms with van der Waals surface area (Å²) >= 11 is 0. The van der Waals surface area contributed by atoms with E-state index in [0.29, 0.717) is 0 Å². The normalized spacial score (nSPS) is 34.5. The Morgan fingerprint density at radius 2 is 2.50 bits per heavy atom. The SMILES string of the molecule is [O-][NH+]1COOO1. The molecule has 0 aromatic rings. The third-order valence-electron chi connectivity index (χ3n) is 0.352.